The Hall–Kier alpha value is -0.960. The van der Waals surface area contributed by atoms with E-state index in [9.17, 15) is 8.78 Å². The summed E-state index contributed by atoms with van der Waals surface area (Å²) in [6.45, 7) is 2.96. The molecule has 1 aliphatic carbocycles. The number of nitrogens with one attached hydrogen (secondary N) is 1. The molecule has 3 heteroatoms. The van der Waals surface area contributed by atoms with Gasteiger partial charge in [0.1, 0.15) is 11.6 Å². The summed E-state index contributed by atoms with van der Waals surface area (Å²) in [5, 5.41) is 3.41. The van der Waals surface area contributed by atoms with E-state index in [1.54, 1.807) is 0 Å². The fraction of sp³-hybridized carbons (Fsp3) is 0.600. The molecule has 1 atom stereocenters. The highest BCUT2D eigenvalue weighted by Crippen LogP contribution is 2.34. The fourth-order valence-corrected chi connectivity index (χ4v) is 2.42. The van der Waals surface area contributed by atoms with Crippen LogP contribution in [0.3, 0.4) is 0 Å². The summed E-state index contributed by atoms with van der Waals surface area (Å²) in [5.74, 6) is -0.0692. The molecule has 18 heavy (non-hydrogen) atoms. The predicted octanol–water partition coefficient (Wildman–Crippen LogP) is 3.68. The van der Waals surface area contributed by atoms with Crippen molar-refractivity contribution in [1.29, 1.82) is 0 Å². The van der Waals surface area contributed by atoms with Crippen molar-refractivity contribution in [2.75, 3.05) is 6.54 Å². The maximum absolute atomic E-state index is 13.1. The van der Waals surface area contributed by atoms with Gasteiger partial charge in [0, 0.05) is 12.1 Å². The highest BCUT2D eigenvalue weighted by molar-refractivity contribution is 5.19. The Balaban J connectivity index is 1.92. The normalized spacial score (nSPS) is 16.8. The van der Waals surface area contributed by atoms with Crippen LogP contribution in [-0.4, -0.2) is 12.6 Å². The van der Waals surface area contributed by atoms with Crippen molar-refractivity contribution >= 4 is 0 Å². The quantitative estimate of drug-likeness (QED) is 0.781. The third kappa shape index (κ3) is 4.37. The molecule has 0 aromatic heterocycles. The molecular weight excluding hydrogens is 232 g/mol. The zero-order valence-corrected chi connectivity index (χ0v) is 10.9. The molecule has 1 unspecified atom stereocenters. The van der Waals surface area contributed by atoms with E-state index in [1.807, 2.05) is 0 Å². The van der Waals surface area contributed by atoms with E-state index in [1.165, 1.54) is 31.4 Å². The van der Waals surface area contributed by atoms with Crippen LogP contribution in [0, 0.1) is 17.6 Å². The van der Waals surface area contributed by atoms with Crippen LogP contribution in [0.25, 0.3) is 0 Å². The van der Waals surface area contributed by atoms with Crippen LogP contribution in [0.2, 0.25) is 0 Å². The summed E-state index contributed by atoms with van der Waals surface area (Å²) < 4.78 is 26.3. The third-order valence-electron chi connectivity index (χ3n) is 3.52. The maximum Gasteiger partial charge on any atom is 0.126 e. The van der Waals surface area contributed by atoms with Gasteiger partial charge in [-0.25, -0.2) is 8.78 Å². The Bertz CT molecular complexity index is 368. The smallest absolute Gasteiger partial charge is 0.126 e. The van der Waals surface area contributed by atoms with Crippen molar-refractivity contribution in [2.24, 2.45) is 5.92 Å². The topological polar surface area (TPSA) is 12.0 Å². The average Bonchev–Trinajstić information content (AvgIpc) is 3.08. The van der Waals surface area contributed by atoms with Crippen LogP contribution in [0.1, 0.15) is 38.2 Å². The Morgan fingerprint density at radius 3 is 2.44 bits per heavy atom. The molecule has 1 N–H and O–H groups in total. The van der Waals surface area contributed by atoms with Gasteiger partial charge in [-0.2, -0.15) is 0 Å². The maximum atomic E-state index is 13.1. The number of benzene rings is 1. The molecule has 1 nitrogen and oxygen atoms in total. The second kappa shape index (κ2) is 6.28. The predicted molar refractivity (Wildman–Crippen MR) is 69.5 cm³/mol. The standard InChI is InChI=1S/C15H21F2N/c1-2-18-15(6-5-11-3-4-11)9-12-7-13(16)10-14(17)8-12/h7-8,10-11,15,18H,2-6,9H2,1H3. The van der Waals surface area contributed by atoms with Crippen LogP contribution >= 0.6 is 0 Å². The summed E-state index contributed by atoms with van der Waals surface area (Å²) in [5.41, 5.74) is 0.745. The number of halogens is 2. The lowest BCUT2D eigenvalue weighted by Crippen LogP contribution is -2.31. The molecule has 1 saturated carbocycles. The van der Waals surface area contributed by atoms with E-state index in [0.717, 1.165) is 30.5 Å². The first-order chi connectivity index (χ1) is 8.67. The Morgan fingerprint density at radius 1 is 1.22 bits per heavy atom. The first-order valence-electron chi connectivity index (χ1n) is 6.85. The summed E-state index contributed by atoms with van der Waals surface area (Å²) >= 11 is 0. The van der Waals surface area contributed by atoms with Crippen molar-refractivity contribution in [2.45, 2.75) is 45.1 Å². The Morgan fingerprint density at radius 2 is 1.89 bits per heavy atom. The van der Waals surface area contributed by atoms with Gasteiger partial charge in [0.2, 0.25) is 0 Å². The van der Waals surface area contributed by atoms with Gasteiger partial charge in [-0.15, -0.1) is 0 Å². The molecule has 0 aliphatic heterocycles. The van der Waals surface area contributed by atoms with Gasteiger partial charge in [0.25, 0.3) is 0 Å². The van der Waals surface area contributed by atoms with Crippen molar-refractivity contribution in [1.82, 2.24) is 5.32 Å². The first kappa shape index (κ1) is 13.5. The number of likely N-dealkylation sites (N-methyl/N-ethyl adjacent to an activating group) is 1. The molecule has 0 bridgehead atoms. The molecule has 0 amide bonds. The summed E-state index contributed by atoms with van der Waals surface area (Å²) in [7, 11) is 0. The zero-order chi connectivity index (χ0) is 13.0. The van der Waals surface area contributed by atoms with Crippen LogP contribution in [-0.2, 0) is 6.42 Å². The lowest BCUT2D eigenvalue weighted by molar-refractivity contribution is 0.460. The van der Waals surface area contributed by atoms with Gasteiger partial charge in [0.05, 0.1) is 0 Å². The fourth-order valence-electron chi connectivity index (χ4n) is 2.42. The highest BCUT2D eigenvalue weighted by Gasteiger charge is 2.22. The molecule has 0 radical (unpaired) electrons. The minimum absolute atomic E-state index is 0.330. The van der Waals surface area contributed by atoms with E-state index in [0.29, 0.717) is 12.5 Å². The van der Waals surface area contributed by atoms with Crippen molar-refractivity contribution in [3.8, 4) is 0 Å². The van der Waals surface area contributed by atoms with Gasteiger partial charge in [-0.1, -0.05) is 19.8 Å². The minimum atomic E-state index is -0.484. The number of hydrogen-bond donors (Lipinski definition) is 1. The molecule has 1 fully saturated rings. The molecule has 0 spiro atoms. The molecule has 0 heterocycles. The lowest BCUT2D eigenvalue weighted by Gasteiger charge is -2.18. The molecule has 1 aliphatic rings. The summed E-state index contributed by atoms with van der Waals surface area (Å²) in [4.78, 5) is 0. The van der Waals surface area contributed by atoms with Crippen molar-refractivity contribution in [3.63, 3.8) is 0 Å². The van der Waals surface area contributed by atoms with Crippen LogP contribution in [0.4, 0.5) is 8.78 Å². The molecule has 2 rings (SSSR count). The van der Waals surface area contributed by atoms with Gasteiger partial charge < -0.3 is 5.32 Å². The molecular formula is C15H21F2N. The van der Waals surface area contributed by atoms with Gasteiger partial charge in [-0.3, -0.25) is 0 Å². The molecule has 1 aromatic carbocycles. The van der Waals surface area contributed by atoms with Crippen LogP contribution < -0.4 is 5.32 Å². The molecule has 1 aromatic rings. The average molecular weight is 253 g/mol. The minimum Gasteiger partial charge on any atom is -0.314 e. The summed E-state index contributed by atoms with van der Waals surface area (Å²) in [6.07, 6.45) is 5.74. The number of rotatable bonds is 7. The number of hydrogen-bond acceptors (Lipinski definition) is 1. The van der Waals surface area contributed by atoms with Crippen LogP contribution in [0.5, 0.6) is 0 Å². The van der Waals surface area contributed by atoms with E-state index in [4.69, 9.17) is 0 Å². The highest BCUT2D eigenvalue weighted by atomic mass is 19.1. The Labute approximate surface area is 108 Å². The lowest BCUT2D eigenvalue weighted by atomic mass is 10.00. The van der Waals surface area contributed by atoms with E-state index < -0.39 is 11.6 Å². The van der Waals surface area contributed by atoms with E-state index in [-0.39, 0.29) is 0 Å². The third-order valence-corrected chi connectivity index (χ3v) is 3.52. The first-order valence-corrected chi connectivity index (χ1v) is 6.85. The summed E-state index contributed by atoms with van der Waals surface area (Å²) in [6, 6.07) is 4.13. The Kier molecular flexibility index (Phi) is 4.70. The second-order valence-electron chi connectivity index (χ2n) is 5.26. The SMILES string of the molecule is CCNC(CCC1CC1)Cc1cc(F)cc(F)c1. The van der Waals surface area contributed by atoms with E-state index >= 15 is 0 Å². The molecule has 100 valence electrons. The van der Waals surface area contributed by atoms with Crippen molar-refractivity contribution in [3.05, 3.63) is 35.4 Å². The second-order valence-corrected chi connectivity index (χ2v) is 5.26. The monoisotopic (exact) mass is 253 g/mol. The molecule has 0 saturated heterocycles. The largest absolute Gasteiger partial charge is 0.314 e. The zero-order valence-electron chi connectivity index (χ0n) is 10.9. The van der Waals surface area contributed by atoms with Crippen LogP contribution in [0.15, 0.2) is 18.2 Å². The van der Waals surface area contributed by atoms with Gasteiger partial charge in [-0.05, 0) is 49.4 Å². The van der Waals surface area contributed by atoms with E-state index in [2.05, 4.69) is 12.2 Å². The van der Waals surface area contributed by atoms with Gasteiger partial charge in [0.15, 0.2) is 0 Å². The van der Waals surface area contributed by atoms with Gasteiger partial charge >= 0.3 is 0 Å². The van der Waals surface area contributed by atoms with Crippen molar-refractivity contribution < 1.29 is 8.78 Å².